The maximum atomic E-state index is 13.2. The first-order valence-electron chi connectivity index (χ1n) is 7.66. The van der Waals surface area contributed by atoms with Gasteiger partial charge in [-0.3, -0.25) is 0 Å². The third-order valence-electron chi connectivity index (χ3n) is 3.80. The van der Waals surface area contributed by atoms with Crippen LogP contribution in [0.3, 0.4) is 0 Å². The molecule has 0 saturated carbocycles. The van der Waals surface area contributed by atoms with Crippen molar-refractivity contribution in [2.24, 2.45) is 5.14 Å². The van der Waals surface area contributed by atoms with Crippen LogP contribution in [0.1, 0.15) is 11.4 Å². The maximum Gasteiger partial charge on any atom is 0.418 e. The Balaban J connectivity index is 1.78. The van der Waals surface area contributed by atoms with Gasteiger partial charge in [-0.15, -0.1) is 0 Å². The normalized spacial score (nSPS) is 12.5. The minimum absolute atomic E-state index is 0.0834. The fraction of sp³-hybridized carbons (Fsp3) is 0.188. The van der Waals surface area contributed by atoms with Crippen LogP contribution >= 0.6 is 0 Å². The number of nitrogens with two attached hydrogens (primary N) is 1. The smallest absolute Gasteiger partial charge is 0.384 e. The first-order chi connectivity index (χ1) is 12.5. The molecular weight excluding hydrogens is 388 g/mol. The molecule has 0 aliphatic heterocycles. The molecule has 0 aliphatic rings. The average molecular weight is 402 g/mol. The number of sulfonamides is 1. The van der Waals surface area contributed by atoms with Crippen molar-refractivity contribution in [1.29, 1.82) is 0 Å². The second-order valence-corrected chi connectivity index (χ2v) is 7.33. The summed E-state index contributed by atoms with van der Waals surface area (Å²) in [5, 5.41) is 7.50. The van der Waals surface area contributed by atoms with Crippen LogP contribution in [0.5, 0.6) is 0 Å². The Bertz CT molecular complexity index is 1090. The molecule has 0 bridgehead atoms. The first kappa shape index (κ1) is 19.1. The lowest BCUT2D eigenvalue weighted by Gasteiger charge is -2.15. The van der Waals surface area contributed by atoms with Crippen LogP contribution in [0.15, 0.2) is 41.3 Å². The van der Waals surface area contributed by atoms with E-state index in [0.29, 0.717) is 22.9 Å². The van der Waals surface area contributed by atoms with E-state index in [1.165, 1.54) is 18.2 Å². The fourth-order valence-electron chi connectivity index (χ4n) is 2.56. The number of alkyl halides is 3. The van der Waals surface area contributed by atoms with Crippen molar-refractivity contribution >= 4 is 26.7 Å². The molecule has 2 aromatic carbocycles. The van der Waals surface area contributed by atoms with Gasteiger partial charge in [-0.1, -0.05) is 0 Å². The van der Waals surface area contributed by atoms with Crippen LogP contribution in [0, 0.1) is 5.82 Å². The average Bonchev–Trinajstić information content (AvgIpc) is 2.95. The number of aromatic nitrogens is 2. The highest BCUT2D eigenvalue weighted by atomic mass is 32.2. The number of fused-ring (bicyclic) bond motifs is 1. The van der Waals surface area contributed by atoms with Crippen molar-refractivity contribution < 1.29 is 26.0 Å². The minimum atomic E-state index is -4.76. The summed E-state index contributed by atoms with van der Waals surface area (Å²) >= 11 is 0. The molecule has 0 amide bonds. The Kier molecular flexibility index (Phi) is 4.82. The van der Waals surface area contributed by atoms with Gasteiger partial charge in [-0.05, 0) is 36.4 Å². The molecule has 1 heterocycles. The van der Waals surface area contributed by atoms with Crippen molar-refractivity contribution in [3.8, 4) is 0 Å². The Labute approximate surface area is 151 Å². The topological polar surface area (TPSA) is 101 Å². The molecule has 0 aliphatic carbocycles. The number of aromatic amines is 1. The number of hydrogen-bond donors (Lipinski definition) is 3. The van der Waals surface area contributed by atoms with Crippen molar-refractivity contribution in [3.05, 3.63) is 53.6 Å². The van der Waals surface area contributed by atoms with Gasteiger partial charge >= 0.3 is 6.18 Å². The summed E-state index contributed by atoms with van der Waals surface area (Å²) in [6.07, 6.45) is -4.52. The largest absolute Gasteiger partial charge is 0.418 e. The Morgan fingerprint density at radius 1 is 1.15 bits per heavy atom. The van der Waals surface area contributed by atoms with Crippen molar-refractivity contribution in [2.75, 3.05) is 11.9 Å². The van der Waals surface area contributed by atoms with E-state index in [2.05, 4.69) is 15.3 Å². The van der Waals surface area contributed by atoms with E-state index in [9.17, 15) is 26.0 Å². The summed E-state index contributed by atoms with van der Waals surface area (Å²) in [7, 11) is -4.26. The molecule has 11 heteroatoms. The minimum Gasteiger partial charge on any atom is -0.384 e. The molecule has 0 unspecified atom stereocenters. The van der Waals surface area contributed by atoms with Crippen LogP contribution < -0.4 is 10.5 Å². The summed E-state index contributed by atoms with van der Waals surface area (Å²) in [6.45, 7) is 0.0834. The Morgan fingerprint density at radius 2 is 1.89 bits per heavy atom. The molecule has 4 N–H and O–H groups in total. The first-order valence-corrected chi connectivity index (χ1v) is 9.21. The number of anilines is 1. The van der Waals surface area contributed by atoms with E-state index in [1.807, 2.05) is 0 Å². The van der Waals surface area contributed by atoms with Crippen LogP contribution in [0.2, 0.25) is 0 Å². The van der Waals surface area contributed by atoms with Gasteiger partial charge in [0.05, 0.1) is 21.5 Å². The number of halogens is 4. The quantitative estimate of drug-likeness (QED) is 0.571. The Hall–Kier alpha value is -2.66. The van der Waals surface area contributed by atoms with Gasteiger partial charge in [0.25, 0.3) is 0 Å². The van der Waals surface area contributed by atoms with Crippen LogP contribution in [-0.2, 0) is 22.6 Å². The van der Waals surface area contributed by atoms with Crippen molar-refractivity contribution in [2.45, 2.75) is 17.5 Å². The van der Waals surface area contributed by atoms with Crippen LogP contribution in [0.25, 0.3) is 11.0 Å². The summed E-state index contributed by atoms with van der Waals surface area (Å²) < 4.78 is 75.4. The fourth-order valence-corrected chi connectivity index (χ4v) is 3.10. The van der Waals surface area contributed by atoms with Crippen LogP contribution in [-0.4, -0.2) is 24.9 Å². The standard InChI is InChI=1S/C16H14F4N4O2S/c17-9-1-3-13-14(7-9)24-15(23-13)5-6-22-12-4-2-10(27(21,25)26)8-11(12)16(18,19)20/h1-4,7-8,22H,5-6H2,(H,23,24)(H2,21,25,26). The zero-order valence-corrected chi connectivity index (χ0v) is 14.5. The third kappa shape index (κ3) is 4.37. The highest BCUT2D eigenvalue weighted by molar-refractivity contribution is 7.89. The third-order valence-corrected chi connectivity index (χ3v) is 4.71. The predicted octanol–water partition coefficient (Wildman–Crippen LogP) is 3.02. The van der Waals surface area contributed by atoms with E-state index >= 15 is 0 Å². The lowest BCUT2D eigenvalue weighted by atomic mass is 10.1. The highest BCUT2D eigenvalue weighted by Gasteiger charge is 2.34. The zero-order valence-electron chi connectivity index (χ0n) is 13.6. The molecule has 0 radical (unpaired) electrons. The number of benzene rings is 2. The Morgan fingerprint density at radius 3 is 2.56 bits per heavy atom. The summed E-state index contributed by atoms with van der Waals surface area (Å²) in [5.41, 5.74) is -0.392. The molecule has 6 nitrogen and oxygen atoms in total. The summed E-state index contributed by atoms with van der Waals surface area (Å²) in [6, 6.07) is 6.52. The van der Waals surface area contributed by atoms with Crippen molar-refractivity contribution in [3.63, 3.8) is 0 Å². The molecule has 0 spiro atoms. The van der Waals surface area contributed by atoms with Crippen molar-refractivity contribution in [1.82, 2.24) is 9.97 Å². The van der Waals surface area contributed by atoms with Gasteiger partial charge < -0.3 is 10.3 Å². The van der Waals surface area contributed by atoms with E-state index in [1.54, 1.807) is 0 Å². The lowest BCUT2D eigenvalue weighted by Crippen LogP contribution is -2.17. The molecule has 0 fully saturated rings. The van der Waals surface area contributed by atoms with Gasteiger partial charge in [-0.25, -0.2) is 22.9 Å². The number of rotatable bonds is 5. The van der Waals surface area contributed by atoms with Gasteiger partial charge in [0, 0.05) is 18.7 Å². The molecule has 27 heavy (non-hydrogen) atoms. The number of nitrogens with zero attached hydrogens (tertiary/aromatic N) is 1. The summed E-state index contributed by atoms with van der Waals surface area (Å²) in [5.74, 6) is 0.0402. The van der Waals surface area contributed by atoms with Crippen LogP contribution in [0.4, 0.5) is 23.2 Å². The zero-order chi connectivity index (χ0) is 19.8. The molecule has 3 aromatic rings. The highest BCUT2D eigenvalue weighted by Crippen LogP contribution is 2.36. The maximum absolute atomic E-state index is 13.2. The van der Waals surface area contributed by atoms with E-state index in [4.69, 9.17) is 5.14 Å². The SMILES string of the molecule is NS(=O)(=O)c1ccc(NCCc2nc3ccc(F)cc3[nH]2)c(C(F)(F)F)c1. The van der Waals surface area contributed by atoms with E-state index < -0.39 is 32.5 Å². The number of H-pyrrole nitrogens is 1. The van der Waals surface area contributed by atoms with Gasteiger partial charge in [0.15, 0.2) is 0 Å². The molecule has 0 atom stereocenters. The lowest BCUT2D eigenvalue weighted by molar-refractivity contribution is -0.137. The van der Waals surface area contributed by atoms with Gasteiger partial charge in [0.1, 0.15) is 11.6 Å². The number of nitrogens with one attached hydrogen (secondary N) is 2. The molecular formula is C16H14F4N4O2S. The van der Waals surface area contributed by atoms with Gasteiger partial charge in [0.2, 0.25) is 10.0 Å². The second kappa shape index (κ2) is 6.82. The number of imidazole rings is 1. The molecule has 3 rings (SSSR count). The van der Waals surface area contributed by atoms with E-state index in [0.717, 1.165) is 12.1 Å². The second-order valence-electron chi connectivity index (χ2n) is 5.77. The number of primary sulfonamides is 1. The molecule has 0 saturated heterocycles. The van der Waals surface area contributed by atoms with Gasteiger partial charge in [-0.2, -0.15) is 13.2 Å². The monoisotopic (exact) mass is 402 g/mol. The van der Waals surface area contributed by atoms with E-state index in [-0.39, 0.29) is 18.7 Å². The predicted molar refractivity (Wildman–Crippen MR) is 91.1 cm³/mol. The number of hydrogen-bond acceptors (Lipinski definition) is 4. The molecule has 1 aromatic heterocycles. The molecule has 144 valence electrons. The summed E-state index contributed by atoms with van der Waals surface area (Å²) in [4.78, 5) is 6.48.